The van der Waals surface area contributed by atoms with Crippen molar-refractivity contribution >= 4 is 27.5 Å². The highest BCUT2D eigenvalue weighted by molar-refractivity contribution is 7.92. The van der Waals surface area contributed by atoms with Crippen LogP contribution in [0.4, 0.5) is 0 Å². The van der Waals surface area contributed by atoms with Crippen molar-refractivity contribution in [3.8, 4) is 0 Å². The second-order valence-electron chi connectivity index (χ2n) is 5.99. The lowest BCUT2D eigenvalue weighted by Gasteiger charge is -2.18. The second-order valence-corrected chi connectivity index (χ2v) is 8.50. The van der Waals surface area contributed by atoms with Crippen LogP contribution in [0.15, 0.2) is 77.7 Å². The van der Waals surface area contributed by atoms with Crippen LogP contribution in [-0.2, 0) is 9.84 Å². The minimum absolute atomic E-state index is 0.326. The summed E-state index contributed by atoms with van der Waals surface area (Å²) in [5, 5.41) is -0.672. The third kappa shape index (κ3) is 5.32. The van der Waals surface area contributed by atoms with Crippen molar-refractivity contribution in [3.63, 3.8) is 0 Å². The number of hydrogen-bond acceptors (Lipinski definition) is 2. The van der Waals surface area contributed by atoms with Crippen molar-refractivity contribution in [1.82, 2.24) is 0 Å². The third-order valence-corrected chi connectivity index (χ3v) is 6.45. The number of hydrogen-bond donors (Lipinski definition) is 0. The molecule has 1 atom stereocenters. The van der Waals surface area contributed by atoms with Crippen LogP contribution >= 0.6 is 11.6 Å². The zero-order valence-electron chi connectivity index (χ0n) is 14.4. The van der Waals surface area contributed by atoms with Gasteiger partial charge in [0.05, 0.1) is 10.1 Å². The van der Waals surface area contributed by atoms with E-state index in [4.69, 9.17) is 11.6 Å². The first kappa shape index (κ1) is 19.5. The van der Waals surface area contributed by atoms with Crippen molar-refractivity contribution in [1.29, 1.82) is 0 Å². The van der Waals surface area contributed by atoms with Gasteiger partial charge >= 0.3 is 0 Å². The maximum Gasteiger partial charge on any atom is 0.185 e. The van der Waals surface area contributed by atoms with E-state index in [9.17, 15) is 8.42 Å². The molecule has 1 unspecified atom stereocenters. The van der Waals surface area contributed by atoms with Crippen molar-refractivity contribution in [2.24, 2.45) is 0 Å². The lowest BCUT2D eigenvalue weighted by atomic mass is 10.1. The van der Waals surface area contributed by atoms with Gasteiger partial charge in [0.15, 0.2) is 9.84 Å². The zero-order chi connectivity index (χ0) is 18.3. The predicted octanol–water partition coefficient (Wildman–Crippen LogP) is 5.43. The maximum absolute atomic E-state index is 13.1. The molecule has 0 radical (unpaired) electrons. The SMILES string of the molecule is C=C(CCCl)C(C/C=C/c1ccccc1)S(=O)(=O)c1ccc(C)cc1. The molecule has 132 valence electrons. The van der Waals surface area contributed by atoms with Crippen LogP contribution in [0.2, 0.25) is 0 Å². The van der Waals surface area contributed by atoms with Gasteiger partial charge < -0.3 is 0 Å². The molecule has 0 aliphatic heterocycles. The Bertz CT molecular complexity index is 822. The molecule has 0 fully saturated rings. The molecule has 2 aromatic carbocycles. The lowest BCUT2D eigenvalue weighted by Crippen LogP contribution is -2.23. The summed E-state index contributed by atoms with van der Waals surface area (Å²) in [6.07, 6.45) is 4.69. The van der Waals surface area contributed by atoms with Gasteiger partial charge in [0, 0.05) is 5.88 Å². The highest BCUT2D eigenvalue weighted by Gasteiger charge is 2.28. The molecule has 4 heteroatoms. The average molecular weight is 375 g/mol. The maximum atomic E-state index is 13.1. The summed E-state index contributed by atoms with van der Waals surface area (Å²) in [6.45, 7) is 5.92. The van der Waals surface area contributed by atoms with Crippen LogP contribution in [-0.4, -0.2) is 19.5 Å². The van der Waals surface area contributed by atoms with Gasteiger partial charge in [0.25, 0.3) is 0 Å². The largest absolute Gasteiger partial charge is 0.223 e. The first-order chi connectivity index (χ1) is 11.9. The molecule has 0 saturated carbocycles. The molecule has 25 heavy (non-hydrogen) atoms. The third-order valence-electron chi connectivity index (χ3n) is 4.06. The molecule has 0 amide bonds. The Labute approximate surface area is 155 Å². The Morgan fingerprint density at radius 1 is 1.12 bits per heavy atom. The summed E-state index contributed by atoms with van der Waals surface area (Å²) in [4.78, 5) is 0.326. The van der Waals surface area contributed by atoms with E-state index < -0.39 is 15.1 Å². The normalized spacial score (nSPS) is 13.0. The van der Waals surface area contributed by atoms with Crippen LogP contribution in [0.25, 0.3) is 6.08 Å². The molecular weight excluding hydrogens is 352 g/mol. The Morgan fingerprint density at radius 2 is 1.76 bits per heavy atom. The first-order valence-corrected chi connectivity index (χ1v) is 10.3. The van der Waals surface area contributed by atoms with Crippen LogP contribution in [0.3, 0.4) is 0 Å². The fraction of sp³-hybridized carbons (Fsp3) is 0.238. The predicted molar refractivity (Wildman–Crippen MR) is 107 cm³/mol. The number of rotatable bonds is 8. The van der Waals surface area contributed by atoms with Gasteiger partial charge in [-0.05, 0) is 37.5 Å². The fourth-order valence-corrected chi connectivity index (χ4v) is 4.59. The van der Waals surface area contributed by atoms with Gasteiger partial charge in [0.1, 0.15) is 0 Å². The highest BCUT2D eigenvalue weighted by Crippen LogP contribution is 2.26. The van der Waals surface area contributed by atoms with Crippen LogP contribution in [0, 0.1) is 6.92 Å². The van der Waals surface area contributed by atoms with E-state index in [0.717, 1.165) is 11.1 Å². The molecular formula is C21H23ClO2S. The van der Waals surface area contributed by atoms with E-state index in [1.54, 1.807) is 12.1 Å². The molecule has 0 spiro atoms. The van der Waals surface area contributed by atoms with E-state index in [0.29, 0.717) is 29.2 Å². The first-order valence-electron chi connectivity index (χ1n) is 8.21. The van der Waals surface area contributed by atoms with Gasteiger partial charge in [-0.1, -0.05) is 72.3 Å². The standard InChI is InChI=1S/C21H23ClO2S/c1-17-11-13-20(14-12-17)25(23,24)21(18(2)15-16-22)10-6-9-19-7-4-3-5-8-19/h3-9,11-14,21H,2,10,15-16H2,1H3/b9-6+. The topological polar surface area (TPSA) is 34.1 Å². The number of allylic oxidation sites excluding steroid dienone is 1. The summed E-state index contributed by atoms with van der Waals surface area (Å²) in [5.74, 6) is 0.362. The molecule has 0 heterocycles. The molecule has 0 aliphatic carbocycles. The van der Waals surface area contributed by atoms with E-state index >= 15 is 0 Å². The zero-order valence-corrected chi connectivity index (χ0v) is 15.9. The quantitative estimate of drug-likeness (QED) is 0.456. The number of benzene rings is 2. The molecule has 0 saturated heterocycles. The van der Waals surface area contributed by atoms with Gasteiger partial charge in [-0.15, -0.1) is 11.6 Å². The smallest absolute Gasteiger partial charge is 0.185 e. The second kappa shape index (κ2) is 9.02. The van der Waals surface area contributed by atoms with Crippen LogP contribution < -0.4 is 0 Å². The number of halogens is 1. The monoisotopic (exact) mass is 374 g/mol. The Hall–Kier alpha value is -1.84. The van der Waals surface area contributed by atoms with E-state index in [2.05, 4.69) is 6.58 Å². The average Bonchev–Trinajstić information content (AvgIpc) is 2.60. The van der Waals surface area contributed by atoms with Gasteiger partial charge in [0.2, 0.25) is 0 Å². The Balaban J connectivity index is 2.27. The summed E-state index contributed by atoms with van der Waals surface area (Å²) >= 11 is 5.81. The summed E-state index contributed by atoms with van der Waals surface area (Å²) in [7, 11) is -3.50. The Morgan fingerprint density at radius 3 is 2.36 bits per heavy atom. The van der Waals surface area contributed by atoms with E-state index in [1.807, 2.05) is 61.5 Å². The number of sulfone groups is 1. The molecule has 2 nitrogen and oxygen atoms in total. The van der Waals surface area contributed by atoms with Crippen LogP contribution in [0.1, 0.15) is 24.0 Å². The molecule has 0 bridgehead atoms. The summed E-state index contributed by atoms with van der Waals surface area (Å²) in [6, 6.07) is 16.8. The molecule has 2 aromatic rings. The van der Waals surface area contributed by atoms with Crippen molar-refractivity contribution in [2.45, 2.75) is 29.9 Å². The van der Waals surface area contributed by atoms with E-state index in [-0.39, 0.29) is 0 Å². The number of aryl methyl sites for hydroxylation is 1. The fourth-order valence-electron chi connectivity index (χ4n) is 2.58. The summed E-state index contributed by atoms with van der Waals surface area (Å²) < 4.78 is 26.1. The Kier molecular flexibility index (Phi) is 7.03. The van der Waals surface area contributed by atoms with Gasteiger partial charge in [-0.25, -0.2) is 8.42 Å². The molecule has 0 aliphatic rings. The molecule has 0 aromatic heterocycles. The minimum Gasteiger partial charge on any atom is -0.223 e. The van der Waals surface area contributed by atoms with E-state index in [1.165, 1.54) is 0 Å². The summed E-state index contributed by atoms with van der Waals surface area (Å²) in [5.41, 5.74) is 2.71. The van der Waals surface area contributed by atoms with Crippen molar-refractivity contribution < 1.29 is 8.42 Å². The number of alkyl halides is 1. The minimum atomic E-state index is -3.50. The molecule has 0 N–H and O–H groups in total. The lowest BCUT2D eigenvalue weighted by molar-refractivity contribution is 0.585. The molecule has 2 rings (SSSR count). The highest BCUT2D eigenvalue weighted by atomic mass is 35.5. The van der Waals surface area contributed by atoms with Gasteiger partial charge in [-0.3, -0.25) is 0 Å². The van der Waals surface area contributed by atoms with Crippen molar-refractivity contribution in [2.75, 3.05) is 5.88 Å². The van der Waals surface area contributed by atoms with Crippen LogP contribution in [0.5, 0.6) is 0 Å². The van der Waals surface area contributed by atoms with Gasteiger partial charge in [-0.2, -0.15) is 0 Å². The van der Waals surface area contributed by atoms with Crippen molar-refractivity contribution in [3.05, 3.63) is 84.0 Å².